The molecule has 0 atom stereocenters. The Morgan fingerprint density at radius 1 is 0.500 bits per heavy atom. The fourth-order valence-corrected chi connectivity index (χ4v) is 6.46. The van der Waals surface area contributed by atoms with Crippen LogP contribution in [0.5, 0.6) is 0 Å². The van der Waals surface area contributed by atoms with Gasteiger partial charge in [-0.05, 0) is 102 Å². The van der Waals surface area contributed by atoms with Crippen molar-refractivity contribution in [3.05, 3.63) is 0 Å². The Morgan fingerprint density at radius 2 is 0.880 bits per heavy atom. The molecule has 0 amide bonds. The Kier molecular flexibility index (Phi) is 29.9. The van der Waals surface area contributed by atoms with Gasteiger partial charge in [0.1, 0.15) is 6.10 Å². The summed E-state index contributed by atoms with van der Waals surface area (Å²) in [4.78, 5) is 39.5. The van der Waals surface area contributed by atoms with Crippen molar-refractivity contribution in [2.24, 2.45) is 10.8 Å². The van der Waals surface area contributed by atoms with Crippen LogP contribution >= 0.6 is 0 Å². The van der Waals surface area contributed by atoms with Gasteiger partial charge in [0, 0.05) is 19.3 Å². The predicted molar refractivity (Wildman–Crippen MR) is 209 cm³/mol. The van der Waals surface area contributed by atoms with E-state index in [2.05, 4.69) is 46.4 Å². The molecule has 0 heterocycles. The maximum atomic E-state index is 12.8. The summed E-state index contributed by atoms with van der Waals surface area (Å²) in [5.41, 5.74) is 0.0819. The lowest BCUT2D eigenvalue weighted by Gasteiger charge is -2.30. The van der Waals surface area contributed by atoms with Crippen molar-refractivity contribution >= 4 is 17.9 Å². The van der Waals surface area contributed by atoms with Crippen LogP contribution in [0, 0.1) is 10.8 Å². The fourth-order valence-electron chi connectivity index (χ4n) is 6.46. The maximum Gasteiger partial charge on any atom is 0.306 e. The zero-order valence-corrected chi connectivity index (χ0v) is 34.5. The summed E-state index contributed by atoms with van der Waals surface area (Å²) in [6.45, 7) is 15.4. The highest BCUT2D eigenvalue weighted by Gasteiger charge is 2.26. The Bertz CT molecular complexity index is 785. The van der Waals surface area contributed by atoms with Crippen LogP contribution in [-0.2, 0) is 28.6 Å². The Labute approximate surface area is 310 Å². The number of nitrogens with zero attached hydrogens (tertiary/aromatic N) is 1. The van der Waals surface area contributed by atoms with E-state index in [1.54, 1.807) is 0 Å². The maximum absolute atomic E-state index is 12.8. The van der Waals surface area contributed by atoms with Crippen molar-refractivity contribution in [1.82, 2.24) is 4.90 Å². The summed E-state index contributed by atoms with van der Waals surface area (Å²) < 4.78 is 17.1. The average Bonchev–Trinajstić information content (AvgIpc) is 3.04. The molecular formula is C43H83NO6. The summed E-state index contributed by atoms with van der Waals surface area (Å²) in [6.07, 6.45) is 26.0. The molecule has 7 heteroatoms. The smallest absolute Gasteiger partial charge is 0.306 e. The fraction of sp³-hybridized carbons (Fsp3) is 0.930. The van der Waals surface area contributed by atoms with Gasteiger partial charge in [0.05, 0.1) is 13.2 Å². The highest BCUT2D eigenvalue weighted by Crippen LogP contribution is 2.34. The molecule has 0 saturated heterocycles. The summed E-state index contributed by atoms with van der Waals surface area (Å²) in [7, 11) is 4.04. The van der Waals surface area contributed by atoms with Crippen LogP contribution in [0.2, 0.25) is 0 Å². The van der Waals surface area contributed by atoms with E-state index in [1.165, 1.54) is 64.2 Å². The van der Waals surface area contributed by atoms with Crippen molar-refractivity contribution < 1.29 is 28.6 Å². The molecule has 0 fully saturated rings. The highest BCUT2D eigenvalue weighted by atomic mass is 16.5. The molecule has 50 heavy (non-hydrogen) atoms. The Balaban J connectivity index is 4.63. The quantitative estimate of drug-likeness (QED) is 0.0368. The van der Waals surface area contributed by atoms with Crippen LogP contribution in [-0.4, -0.2) is 62.8 Å². The van der Waals surface area contributed by atoms with Crippen molar-refractivity contribution in [2.45, 2.75) is 215 Å². The number of hydrogen-bond acceptors (Lipinski definition) is 7. The third-order valence-corrected chi connectivity index (χ3v) is 10.1. The summed E-state index contributed by atoms with van der Waals surface area (Å²) in [6, 6.07) is 0. The molecule has 0 rings (SSSR count). The Morgan fingerprint density at radius 3 is 1.28 bits per heavy atom. The first-order valence-electron chi connectivity index (χ1n) is 21.0. The van der Waals surface area contributed by atoms with Gasteiger partial charge in [-0.15, -0.1) is 0 Å². The van der Waals surface area contributed by atoms with Crippen molar-refractivity contribution in [3.8, 4) is 0 Å². The van der Waals surface area contributed by atoms with Gasteiger partial charge in [0.15, 0.2) is 0 Å². The SMILES string of the molecule is CCCCCCCCCOC(=O)CCCC(C)(C)CCC(CCC(C)(C)CCCC(=O)OCCCCCCCCC)OC(=O)CCCN(C)C. The van der Waals surface area contributed by atoms with Gasteiger partial charge in [-0.2, -0.15) is 0 Å². The van der Waals surface area contributed by atoms with Crippen LogP contribution in [0.1, 0.15) is 208 Å². The van der Waals surface area contributed by atoms with Crippen molar-refractivity contribution in [3.63, 3.8) is 0 Å². The first kappa shape index (κ1) is 48.4. The van der Waals surface area contributed by atoms with E-state index < -0.39 is 0 Å². The molecule has 0 bridgehead atoms. The molecule has 0 aromatic carbocycles. The summed E-state index contributed by atoms with van der Waals surface area (Å²) >= 11 is 0. The van der Waals surface area contributed by atoms with Crippen molar-refractivity contribution in [2.75, 3.05) is 33.9 Å². The van der Waals surface area contributed by atoms with E-state index in [-0.39, 0.29) is 34.8 Å². The van der Waals surface area contributed by atoms with Gasteiger partial charge < -0.3 is 19.1 Å². The van der Waals surface area contributed by atoms with Crippen molar-refractivity contribution in [1.29, 1.82) is 0 Å². The van der Waals surface area contributed by atoms with Gasteiger partial charge in [0.2, 0.25) is 0 Å². The molecule has 0 radical (unpaired) electrons. The van der Waals surface area contributed by atoms with E-state index in [9.17, 15) is 14.4 Å². The molecule has 0 saturated carbocycles. The number of carbonyl (C=O) groups is 3. The lowest BCUT2D eigenvalue weighted by molar-refractivity contribution is -0.151. The molecule has 0 spiro atoms. The molecule has 0 aromatic heterocycles. The van der Waals surface area contributed by atoms with Crippen LogP contribution in [0.15, 0.2) is 0 Å². The second-order valence-electron chi connectivity index (χ2n) is 16.8. The Hall–Kier alpha value is -1.63. The van der Waals surface area contributed by atoms with E-state index >= 15 is 0 Å². The normalized spacial score (nSPS) is 12.1. The van der Waals surface area contributed by atoms with Crippen LogP contribution in [0.4, 0.5) is 0 Å². The minimum atomic E-state index is -0.126. The topological polar surface area (TPSA) is 82.1 Å². The monoisotopic (exact) mass is 710 g/mol. The molecule has 0 aliphatic rings. The zero-order valence-electron chi connectivity index (χ0n) is 34.5. The molecule has 0 N–H and O–H groups in total. The van der Waals surface area contributed by atoms with Crippen LogP contribution in [0.3, 0.4) is 0 Å². The average molecular weight is 710 g/mol. The van der Waals surface area contributed by atoms with E-state index in [0.717, 1.165) is 90.0 Å². The van der Waals surface area contributed by atoms with Crippen LogP contribution < -0.4 is 0 Å². The lowest BCUT2D eigenvalue weighted by atomic mass is 9.79. The number of rotatable bonds is 35. The highest BCUT2D eigenvalue weighted by molar-refractivity contribution is 5.70. The summed E-state index contributed by atoms with van der Waals surface area (Å²) in [5, 5.41) is 0. The van der Waals surface area contributed by atoms with Gasteiger partial charge in [-0.1, -0.05) is 119 Å². The van der Waals surface area contributed by atoms with E-state index in [4.69, 9.17) is 14.2 Å². The third kappa shape index (κ3) is 32.3. The number of ether oxygens (including phenoxy) is 3. The first-order valence-corrected chi connectivity index (χ1v) is 21.0. The standard InChI is InChI=1S/C43H83NO6/c1-9-11-13-15-17-19-21-36-48-39(45)26-23-31-42(3,4)33-29-38(50-41(47)28-25-35-44(7)8)30-34-43(5,6)32-24-27-40(46)49-37-22-20-18-16-14-12-10-2/h38H,9-37H2,1-8H3. The van der Waals surface area contributed by atoms with Gasteiger partial charge >= 0.3 is 17.9 Å². The minimum absolute atomic E-state index is 0.0410. The van der Waals surface area contributed by atoms with E-state index in [0.29, 0.717) is 32.5 Å². The predicted octanol–water partition coefficient (Wildman–Crippen LogP) is 11.8. The van der Waals surface area contributed by atoms with Crippen LogP contribution in [0.25, 0.3) is 0 Å². The molecule has 0 unspecified atom stereocenters. The van der Waals surface area contributed by atoms with E-state index in [1.807, 2.05) is 14.1 Å². The minimum Gasteiger partial charge on any atom is -0.466 e. The molecule has 0 aromatic rings. The second-order valence-corrected chi connectivity index (χ2v) is 16.8. The number of carbonyl (C=O) groups excluding carboxylic acids is 3. The number of hydrogen-bond donors (Lipinski definition) is 0. The molecular weight excluding hydrogens is 626 g/mol. The lowest BCUT2D eigenvalue weighted by Crippen LogP contribution is -2.25. The summed E-state index contributed by atoms with van der Waals surface area (Å²) in [5.74, 6) is -0.278. The molecule has 296 valence electrons. The zero-order chi connectivity index (χ0) is 37.5. The van der Waals surface area contributed by atoms with Gasteiger partial charge in [-0.3, -0.25) is 14.4 Å². The van der Waals surface area contributed by atoms with Gasteiger partial charge in [0.25, 0.3) is 0 Å². The number of unbranched alkanes of at least 4 members (excludes halogenated alkanes) is 12. The molecule has 0 aliphatic carbocycles. The first-order chi connectivity index (χ1) is 23.8. The largest absolute Gasteiger partial charge is 0.466 e. The molecule has 7 nitrogen and oxygen atoms in total. The third-order valence-electron chi connectivity index (χ3n) is 10.1. The second kappa shape index (κ2) is 30.9. The number of esters is 3. The van der Waals surface area contributed by atoms with Gasteiger partial charge in [-0.25, -0.2) is 0 Å². The molecule has 0 aliphatic heterocycles.